The highest BCUT2D eigenvalue weighted by atomic mass is 32.2. The maximum Gasteiger partial charge on any atom is 0.137 e. The number of hydrogen-bond donors (Lipinski definition) is 0. The molecule has 2 aliphatic heterocycles. The second-order valence-electron chi connectivity index (χ2n) is 15.1. The molecule has 3 heterocycles. The van der Waals surface area contributed by atoms with Crippen molar-refractivity contribution in [2.24, 2.45) is 0 Å². The van der Waals surface area contributed by atoms with Gasteiger partial charge in [0.05, 0.1) is 17.4 Å². The first-order chi connectivity index (χ1) is 26.2. The van der Waals surface area contributed by atoms with Gasteiger partial charge in [-0.15, -0.1) is 11.8 Å². The molecule has 0 saturated carbocycles. The summed E-state index contributed by atoms with van der Waals surface area (Å²) >= 11 is 1.99. The van der Waals surface area contributed by atoms with E-state index in [0.717, 1.165) is 24.2 Å². The summed E-state index contributed by atoms with van der Waals surface area (Å²) in [5, 5.41) is 1.64. The Bertz CT molecular complexity index is 2510. The molecule has 4 heteroatoms. The lowest BCUT2D eigenvalue weighted by Crippen LogP contribution is -2.31. The van der Waals surface area contributed by atoms with Crippen molar-refractivity contribution >= 4 is 51.6 Å². The minimum atomic E-state index is 0.172. The molecule has 1 aromatic heterocycles. The van der Waals surface area contributed by atoms with Gasteiger partial charge in [-0.2, -0.15) is 0 Å². The molecule has 5 aromatic rings. The van der Waals surface area contributed by atoms with Crippen LogP contribution in [0.3, 0.4) is 0 Å². The second-order valence-corrected chi connectivity index (χ2v) is 16.3. The SMILES string of the molecule is CC1CC=Cc2oc3cccc(N(C4=CC5c6cc(C7C=CC=CC7)ccc6N(c6ccccc6)C5C=C4)c4cccc5c4C4C=CC=CC4S5)c3c21. The average Bonchev–Trinajstić information content (AvgIpc) is 3.89. The first-order valence-corrected chi connectivity index (χ1v) is 20.0. The Kier molecular flexibility index (Phi) is 7.23. The van der Waals surface area contributed by atoms with E-state index in [1.165, 1.54) is 61.0 Å². The Morgan fingerprint density at radius 2 is 1.60 bits per heavy atom. The number of nitrogens with zero attached hydrogens (tertiary/aromatic N) is 2. The van der Waals surface area contributed by atoms with Gasteiger partial charge < -0.3 is 14.2 Å². The van der Waals surface area contributed by atoms with E-state index in [1.54, 1.807) is 0 Å². The van der Waals surface area contributed by atoms with Crippen molar-refractivity contribution in [1.82, 2.24) is 0 Å². The molecule has 0 bridgehead atoms. The number of fused-ring (bicyclic) bond motifs is 9. The molecule has 0 amide bonds. The number of para-hydroxylation sites is 1. The van der Waals surface area contributed by atoms with Gasteiger partial charge in [-0.25, -0.2) is 0 Å². The quantitative estimate of drug-likeness (QED) is 0.181. The summed E-state index contributed by atoms with van der Waals surface area (Å²) in [6.07, 6.45) is 32.1. The number of rotatable bonds is 5. The first-order valence-electron chi connectivity index (χ1n) is 19.1. The fourth-order valence-electron chi connectivity index (χ4n) is 9.65. The number of thioether (sulfide) groups is 1. The Morgan fingerprint density at radius 3 is 2.51 bits per heavy atom. The normalized spacial score (nSPS) is 25.6. The molecule has 6 unspecified atom stereocenters. The van der Waals surface area contributed by atoms with Crippen molar-refractivity contribution in [3.05, 3.63) is 192 Å². The summed E-state index contributed by atoms with van der Waals surface area (Å²) in [5.74, 6) is 2.25. The predicted octanol–water partition coefficient (Wildman–Crippen LogP) is 13.1. The maximum atomic E-state index is 6.61. The fourth-order valence-corrected chi connectivity index (χ4v) is 11.0. The molecular weight excluding hydrogens is 665 g/mol. The minimum Gasteiger partial charge on any atom is -0.456 e. The van der Waals surface area contributed by atoms with Crippen LogP contribution in [0.4, 0.5) is 22.7 Å². The molecule has 4 aliphatic carbocycles. The molecule has 53 heavy (non-hydrogen) atoms. The fraction of sp³-hybridized carbons (Fsp3) is 0.184. The van der Waals surface area contributed by atoms with Crippen LogP contribution < -0.4 is 9.80 Å². The molecular formula is C49H40N2OS. The summed E-state index contributed by atoms with van der Waals surface area (Å²) < 4.78 is 6.61. The van der Waals surface area contributed by atoms with E-state index >= 15 is 0 Å². The molecule has 0 radical (unpaired) electrons. The van der Waals surface area contributed by atoms with Crippen LogP contribution in [0, 0.1) is 0 Å². The number of furan rings is 1. The number of allylic oxidation sites excluding steroid dienone is 9. The highest BCUT2D eigenvalue weighted by Crippen LogP contribution is 2.56. The zero-order valence-electron chi connectivity index (χ0n) is 29.7. The van der Waals surface area contributed by atoms with E-state index in [0.29, 0.717) is 23.0 Å². The first kappa shape index (κ1) is 31.1. The Hall–Kier alpha value is -5.45. The molecule has 4 aromatic carbocycles. The number of hydrogen-bond acceptors (Lipinski definition) is 4. The topological polar surface area (TPSA) is 19.6 Å². The monoisotopic (exact) mass is 704 g/mol. The number of anilines is 4. The van der Waals surface area contributed by atoms with Crippen molar-refractivity contribution in [3.63, 3.8) is 0 Å². The van der Waals surface area contributed by atoms with Crippen LogP contribution in [0.1, 0.15) is 71.5 Å². The van der Waals surface area contributed by atoms with Gasteiger partial charge in [-0.1, -0.05) is 116 Å². The maximum absolute atomic E-state index is 6.61. The Balaban J connectivity index is 1.13. The Labute approximate surface area is 315 Å². The van der Waals surface area contributed by atoms with Crippen molar-refractivity contribution in [3.8, 4) is 0 Å². The van der Waals surface area contributed by atoms with Crippen LogP contribution >= 0.6 is 11.8 Å². The molecule has 0 N–H and O–H groups in total. The predicted molar refractivity (Wildman–Crippen MR) is 222 cm³/mol. The van der Waals surface area contributed by atoms with Gasteiger partial charge in [-0.3, -0.25) is 0 Å². The molecule has 3 nitrogen and oxygen atoms in total. The molecule has 0 fully saturated rings. The van der Waals surface area contributed by atoms with Gasteiger partial charge >= 0.3 is 0 Å². The summed E-state index contributed by atoms with van der Waals surface area (Å²) in [7, 11) is 0. The Morgan fingerprint density at radius 1 is 0.736 bits per heavy atom. The van der Waals surface area contributed by atoms with E-state index in [9.17, 15) is 0 Å². The molecule has 258 valence electrons. The lowest BCUT2D eigenvalue weighted by molar-refractivity contribution is 0.586. The summed E-state index contributed by atoms with van der Waals surface area (Å²) in [6.45, 7) is 2.34. The van der Waals surface area contributed by atoms with E-state index in [-0.39, 0.29) is 12.0 Å². The van der Waals surface area contributed by atoms with Crippen LogP contribution in [0.25, 0.3) is 17.0 Å². The number of benzene rings is 4. The third-order valence-electron chi connectivity index (χ3n) is 12.1. The molecule has 6 atom stereocenters. The minimum absolute atomic E-state index is 0.172. The van der Waals surface area contributed by atoms with Gasteiger partial charge in [0, 0.05) is 55.9 Å². The van der Waals surface area contributed by atoms with Crippen molar-refractivity contribution in [2.45, 2.75) is 59.6 Å². The highest BCUT2D eigenvalue weighted by molar-refractivity contribution is 8.00. The van der Waals surface area contributed by atoms with E-state index < -0.39 is 0 Å². The van der Waals surface area contributed by atoms with Crippen LogP contribution in [0.2, 0.25) is 0 Å². The molecule has 0 spiro atoms. The average molecular weight is 705 g/mol. The third kappa shape index (κ3) is 4.88. The zero-order chi connectivity index (χ0) is 35.0. The highest BCUT2D eigenvalue weighted by Gasteiger charge is 2.41. The third-order valence-corrected chi connectivity index (χ3v) is 13.4. The van der Waals surface area contributed by atoms with E-state index in [2.05, 4.69) is 181 Å². The summed E-state index contributed by atoms with van der Waals surface area (Å²) in [5.41, 5.74) is 12.6. The van der Waals surface area contributed by atoms with E-state index in [4.69, 9.17) is 4.42 Å². The lowest BCUT2D eigenvalue weighted by Gasteiger charge is -2.35. The van der Waals surface area contributed by atoms with Gasteiger partial charge in [0.1, 0.15) is 11.3 Å². The molecule has 11 rings (SSSR count). The van der Waals surface area contributed by atoms with E-state index in [1.807, 2.05) is 11.8 Å². The second kappa shape index (κ2) is 12.3. The van der Waals surface area contributed by atoms with Crippen LogP contribution in [-0.2, 0) is 0 Å². The van der Waals surface area contributed by atoms with Crippen LogP contribution in [0.5, 0.6) is 0 Å². The van der Waals surface area contributed by atoms with Crippen LogP contribution in [-0.4, -0.2) is 11.3 Å². The summed E-state index contributed by atoms with van der Waals surface area (Å²) in [6, 6.07) is 31.9. The van der Waals surface area contributed by atoms with Crippen LogP contribution in [0.15, 0.2) is 173 Å². The van der Waals surface area contributed by atoms with Gasteiger partial charge in [0.15, 0.2) is 0 Å². The lowest BCUT2D eigenvalue weighted by atomic mass is 9.85. The standard InChI is InChI=1S/C49H40N2OS/c1-31-13-10-21-43-47(31)49-42(19-11-22-44(49)52-43)51(41-20-12-24-46-48(41)36-18-8-9-23-45(36)53-46)35-26-28-40-38(30-35)37-29-33(32-14-4-2-5-15-32)25-27-39(37)50(40)34-16-6-3-7-17-34/h2-12,14,16-32,36,38,40,45H,13,15H2,1H3. The smallest absolute Gasteiger partial charge is 0.137 e. The van der Waals surface area contributed by atoms with Crippen molar-refractivity contribution < 1.29 is 4.42 Å². The van der Waals surface area contributed by atoms with Gasteiger partial charge in [0.25, 0.3) is 0 Å². The summed E-state index contributed by atoms with van der Waals surface area (Å²) in [4.78, 5) is 6.50. The van der Waals surface area contributed by atoms with Crippen molar-refractivity contribution in [1.29, 1.82) is 0 Å². The molecule has 0 saturated heterocycles. The van der Waals surface area contributed by atoms with Crippen molar-refractivity contribution in [2.75, 3.05) is 9.80 Å². The largest absolute Gasteiger partial charge is 0.456 e. The van der Waals surface area contributed by atoms with Gasteiger partial charge in [0.2, 0.25) is 0 Å². The van der Waals surface area contributed by atoms with Gasteiger partial charge in [-0.05, 0) is 90.1 Å². The molecule has 6 aliphatic rings. The zero-order valence-corrected chi connectivity index (χ0v) is 30.5.